The van der Waals surface area contributed by atoms with Crippen molar-refractivity contribution >= 4 is 6.08 Å². The summed E-state index contributed by atoms with van der Waals surface area (Å²) in [5.74, 6) is 0. The van der Waals surface area contributed by atoms with Gasteiger partial charge in [-0.15, -0.1) is 5.73 Å². The van der Waals surface area contributed by atoms with E-state index in [1.54, 1.807) is 5.56 Å². The summed E-state index contributed by atoms with van der Waals surface area (Å²) in [5.41, 5.74) is 13.6. The molecule has 134 valence electrons. The summed E-state index contributed by atoms with van der Waals surface area (Å²) >= 11 is 0. The smallest absolute Gasteiger partial charge is 0.0474 e. The minimum Gasteiger partial charge on any atom is -0.123 e. The van der Waals surface area contributed by atoms with Gasteiger partial charge in [-0.1, -0.05) is 81.3 Å². The van der Waals surface area contributed by atoms with Gasteiger partial charge in [-0.3, -0.25) is 0 Å². The fourth-order valence-corrected chi connectivity index (χ4v) is 4.94. The average molecular weight is 343 g/mol. The molecule has 2 aliphatic carbocycles. The predicted octanol–water partition coefficient (Wildman–Crippen LogP) is 7.50. The molecule has 0 heterocycles. The maximum absolute atomic E-state index is 3.53. The van der Waals surface area contributed by atoms with Crippen LogP contribution in [0.4, 0.5) is 0 Å². The van der Waals surface area contributed by atoms with Gasteiger partial charge in [-0.25, -0.2) is 0 Å². The Hall–Kier alpha value is -2.04. The number of aryl methyl sites for hydroxylation is 2. The maximum Gasteiger partial charge on any atom is 0.0474 e. The summed E-state index contributed by atoms with van der Waals surface area (Å²) in [7, 11) is 0. The van der Waals surface area contributed by atoms with Crippen molar-refractivity contribution in [1.29, 1.82) is 0 Å². The zero-order valence-corrected chi connectivity index (χ0v) is 16.5. The van der Waals surface area contributed by atoms with Gasteiger partial charge in [0.25, 0.3) is 0 Å². The molecular formula is C26H30. The Morgan fingerprint density at radius 3 is 2.50 bits per heavy atom. The van der Waals surface area contributed by atoms with Crippen LogP contribution in [0.1, 0.15) is 79.7 Å². The number of rotatable bonds is 7. The molecule has 0 saturated heterocycles. The third-order valence-electron chi connectivity index (χ3n) is 6.34. The molecule has 26 heavy (non-hydrogen) atoms. The molecule has 0 bridgehead atoms. The highest BCUT2D eigenvalue weighted by molar-refractivity contribution is 5.88. The number of hydrogen-bond acceptors (Lipinski definition) is 0. The monoisotopic (exact) mass is 342 g/mol. The molecule has 1 unspecified atom stereocenters. The van der Waals surface area contributed by atoms with Crippen LogP contribution in [0, 0.1) is 13.8 Å². The van der Waals surface area contributed by atoms with E-state index in [4.69, 9.17) is 0 Å². The van der Waals surface area contributed by atoms with Gasteiger partial charge in [-0.05, 0) is 65.8 Å². The number of benzene rings is 2. The number of allylic oxidation sites excluding steroid dienone is 1. The molecule has 0 amide bonds. The molecule has 2 aliphatic rings. The fraction of sp³-hybridized carbons (Fsp3) is 0.423. The lowest BCUT2D eigenvalue weighted by atomic mass is 9.70. The third-order valence-corrected chi connectivity index (χ3v) is 6.34. The van der Waals surface area contributed by atoms with Gasteiger partial charge in [0.1, 0.15) is 0 Å². The predicted molar refractivity (Wildman–Crippen MR) is 113 cm³/mol. The summed E-state index contributed by atoms with van der Waals surface area (Å²) in [4.78, 5) is 0. The van der Waals surface area contributed by atoms with Crippen LogP contribution in [0.3, 0.4) is 0 Å². The van der Waals surface area contributed by atoms with Crippen molar-refractivity contribution in [3.8, 4) is 11.1 Å². The second kappa shape index (κ2) is 6.93. The van der Waals surface area contributed by atoms with E-state index in [1.165, 1.54) is 78.3 Å². The third kappa shape index (κ3) is 2.68. The second-order valence-corrected chi connectivity index (χ2v) is 8.21. The van der Waals surface area contributed by atoms with E-state index in [0.717, 1.165) is 0 Å². The van der Waals surface area contributed by atoms with Crippen molar-refractivity contribution in [1.82, 2.24) is 0 Å². The highest BCUT2D eigenvalue weighted by Crippen LogP contribution is 2.55. The molecular weight excluding hydrogens is 312 g/mol. The number of fused-ring (bicyclic) bond motifs is 3. The SMILES string of the molecule is CCCCCCCCC12C=C=Cc3c(C)ccc(c31)-c1ccc(C)cc12. The molecule has 0 aromatic heterocycles. The average Bonchev–Trinajstić information content (AvgIpc) is 2.92. The van der Waals surface area contributed by atoms with Crippen LogP contribution in [0.15, 0.2) is 42.1 Å². The Labute approximate surface area is 158 Å². The first-order valence-corrected chi connectivity index (χ1v) is 10.4. The summed E-state index contributed by atoms with van der Waals surface area (Å²) in [6, 6.07) is 11.7. The highest BCUT2D eigenvalue weighted by atomic mass is 14.4. The molecule has 0 spiro atoms. The molecule has 0 radical (unpaired) electrons. The van der Waals surface area contributed by atoms with Crippen molar-refractivity contribution < 1.29 is 0 Å². The molecule has 4 rings (SSSR count). The maximum atomic E-state index is 3.53. The van der Waals surface area contributed by atoms with Crippen LogP contribution in [0.2, 0.25) is 0 Å². The van der Waals surface area contributed by atoms with Crippen LogP contribution in [0.25, 0.3) is 17.2 Å². The minimum atomic E-state index is 0.0392. The van der Waals surface area contributed by atoms with E-state index in [1.807, 2.05) is 0 Å². The molecule has 1 atom stereocenters. The Morgan fingerprint density at radius 2 is 1.65 bits per heavy atom. The van der Waals surface area contributed by atoms with Crippen molar-refractivity contribution in [2.24, 2.45) is 0 Å². The van der Waals surface area contributed by atoms with Gasteiger partial charge >= 0.3 is 0 Å². The van der Waals surface area contributed by atoms with Crippen LogP contribution in [-0.2, 0) is 5.41 Å². The lowest BCUT2D eigenvalue weighted by Gasteiger charge is -2.32. The number of unbranched alkanes of at least 4 members (excludes halogenated alkanes) is 5. The van der Waals surface area contributed by atoms with E-state index in [9.17, 15) is 0 Å². The zero-order valence-electron chi connectivity index (χ0n) is 16.5. The molecule has 0 saturated carbocycles. The first-order valence-electron chi connectivity index (χ1n) is 10.4. The second-order valence-electron chi connectivity index (χ2n) is 8.21. The van der Waals surface area contributed by atoms with Gasteiger partial charge in [0.15, 0.2) is 0 Å². The summed E-state index contributed by atoms with van der Waals surface area (Å²) < 4.78 is 0. The molecule has 2 aromatic rings. The van der Waals surface area contributed by atoms with Gasteiger partial charge in [0.05, 0.1) is 0 Å². The van der Waals surface area contributed by atoms with E-state index in [0.29, 0.717) is 0 Å². The zero-order chi connectivity index (χ0) is 18.1. The Morgan fingerprint density at radius 1 is 0.885 bits per heavy atom. The van der Waals surface area contributed by atoms with E-state index >= 15 is 0 Å². The fourth-order valence-electron chi connectivity index (χ4n) is 4.94. The molecule has 0 N–H and O–H groups in total. The van der Waals surface area contributed by atoms with Crippen molar-refractivity contribution in [2.45, 2.75) is 71.1 Å². The molecule has 2 aromatic carbocycles. The molecule has 0 aliphatic heterocycles. The van der Waals surface area contributed by atoms with E-state index in [2.05, 4.69) is 69.0 Å². The topological polar surface area (TPSA) is 0 Å². The normalized spacial score (nSPS) is 18.9. The van der Waals surface area contributed by atoms with Crippen LogP contribution in [0.5, 0.6) is 0 Å². The lowest BCUT2D eigenvalue weighted by Crippen LogP contribution is -2.25. The first-order chi connectivity index (χ1) is 12.7. The van der Waals surface area contributed by atoms with Crippen LogP contribution in [-0.4, -0.2) is 0 Å². The Kier molecular flexibility index (Phi) is 4.63. The Balaban J connectivity index is 1.74. The van der Waals surface area contributed by atoms with Gasteiger partial charge < -0.3 is 0 Å². The molecule has 0 nitrogen and oxygen atoms in total. The lowest BCUT2D eigenvalue weighted by molar-refractivity contribution is 0.516. The largest absolute Gasteiger partial charge is 0.123 e. The van der Waals surface area contributed by atoms with Gasteiger partial charge in [-0.2, -0.15) is 0 Å². The summed E-state index contributed by atoms with van der Waals surface area (Å²) in [6.45, 7) is 6.75. The molecule has 0 fully saturated rings. The summed E-state index contributed by atoms with van der Waals surface area (Å²) in [5, 5.41) is 0. The van der Waals surface area contributed by atoms with Gasteiger partial charge in [0.2, 0.25) is 0 Å². The van der Waals surface area contributed by atoms with Crippen molar-refractivity contribution in [3.63, 3.8) is 0 Å². The van der Waals surface area contributed by atoms with Gasteiger partial charge in [0, 0.05) is 5.41 Å². The molecule has 0 heteroatoms. The van der Waals surface area contributed by atoms with Crippen molar-refractivity contribution in [3.05, 3.63) is 70.0 Å². The highest BCUT2D eigenvalue weighted by Gasteiger charge is 2.43. The van der Waals surface area contributed by atoms with E-state index in [-0.39, 0.29) is 5.41 Å². The Bertz CT molecular complexity index is 892. The van der Waals surface area contributed by atoms with E-state index < -0.39 is 0 Å². The van der Waals surface area contributed by atoms with Crippen LogP contribution >= 0.6 is 0 Å². The summed E-state index contributed by atoms with van der Waals surface area (Å²) in [6.07, 6.45) is 13.9. The quantitative estimate of drug-likeness (QED) is 0.361. The first kappa shape index (κ1) is 17.4. The van der Waals surface area contributed by atoms with Crippen LogP contribution < -0.4 is 0 Å². The van der Waals surface area contributed by atoms with Crippen molar-refractivity contribution in [2.75, 3.05) is 0 Å². The standard InChI is InChI=1S/C26H30/c1-4-5-6-7-8-9-16-26-17-10-11-21-20(3)13-15-23(25(21)26)22-14-12-19(2)18-24(22)26/h11-15,17-18H,4-9,16H2,1-3H3. The number of hydrogen-bond donors (Lipinski definition) is 0. The minimum absolute atomic E-state index is 0.0392.